The van der Waals surface area contributed by atoms with Crippen molar-refractivity contribution in [2.24, 2.45) is 0 Å². The van der Waals surface area contributed by atoms with E-state index < -0.39 is 0 Å². The molecule has 3 nitrogen and oxygen atoms in total. The number of benzene rings is 1. The van der Waals surface area contributed by atoms with Gasteiger partial charge in [-0.05, 0) is 31.2 Å². The summed E-state index contributed by atoms with van der Waals surface area (Å²) in [6.07, 6.45) is 0.972. The molecule has 1 aromatic rings. The highest BCUT2D eigenvalue weighted by atomic mass is 79.9. The van der Waals surface area contributed by atoms with Crippen LogP contribution in [0, 0.1) is 0 Å². The summed E-state index contributed by atoms with van der Waals surface area (Å²) in [5.41, 5.74) is 0.525. The highest BCUT2D eigenvalue weighted by molar-refractivity contribution is 9.10. The Bertz CT molecular complexity index is 405. The lowest BCUT2D eigenvalue weighted by Gasteiger charge is -2.12. The number of rotatable bonds is 2. The van der Waals surface area contributed by atoms with Gasteiger partial charge in [-0.1, -0.05) is 27.5 Å². The molecule has 1 aliphatic rings. The van der Waals surface area contributed by atoms with Gasteiger partial charge in [-0.25, -0.2) is 0 Å². The van der Waals surface area contributed by atoms with E-state index in [0.29, 0.717) is 10.6 Å². The molecule has 0 aliphatic carbocycles. The van der Waals surface area contributed by atoms with Gasteiger partial charge in [-0.3, -0.25) is 4.79 Å². The summed E-state index contributed by atoms with van der Waals surface area (Å²) in [4.78, 5) is 11.9. The Morgan fingerprint density at radius 1 is 1.56 bits per heavy atom. The van der Waals surface area contributed by atoms with Crippen LogP contribution < -0.4 is 10.6 Å². The van der Waals surface area contributed by atoms with Gasteiger partial charge in [-0.2, -0.15) is 0 Å². The molecule has 1 heterocycles. The molecule has 16 heavy (non-hydrogen) atoms. The molecule has 0 spiro atoms. The Morgan fingerprint density at radius 3 is 3.00 bits per heavy atom. The van der Waals surface area contributed by atoms with E-state index in [4.69, 9.17) is 11.6 Å². The number of hydrogen-bond acceptors (Lipinski definition) is 2. The summed E-state index contributed by atoms with van der Waals surface area (Å²) in [7, 11) is 0. The molecule has 5 heteroatoms. The SMILES string of the molecule is O=C(NC1CCNC1)c1ccc(Br)cc1Cl. The second-order valence-corrected chi connectivity index (χ2v) is 5.11. The van der Waals surface area contributed by atoms with E-state index in [1.54, 1.807) is 12.1 Å². The molecule has 1 fully saturated rings. The van der Waals surface area contributed by atoms with Crippen molar-refractivity contribution in [1.82, 2.24) is 10.6 Å². The Balaban J connectivity index is 2.08. The molecule has 1 aromatic carbocycles. The van der Waals surface area contributed by atoms with Crippen LogP contribution in [0.5, 0.6) is 0 Å². The second kappa shape index (κ2) is 5.17. The van der Waals surface area contributed by atoms with Gasteiger partial charge >= 0.3 is 0 Å². The monoisotopic (exact) mass is 302 g/mol. The van der Waals surface area contributed by atoms with Crippen LogP contribution in [0.15, 0.2) is 22.7 Å². The number of hydrogen-bond donors (Lipinski definition) is 2. The minimum Gasteiger partial charge on any atom is -0.348 e. The Kier molecular flexibility index (Phi) is 3.84. The molecule has 0 radical (unpaired) electrons. The van der Waals surface area contributed by atoms with Crippen molar-refractivity contribution in [2.75, 3.05) is 13.1 Å². The Hall–Kier alpha value is -0.580. The molecular formula is C11H12BrClN2O. The molecule has 1 atom stereocenters. The minimum atomic E-state index is -0.105. The highest BCUT2D eigenvalue weighted by Gasteiger charge is 2.18. The summed E-state index contributed by atoms with van der Waals surface area (Å²) >= 11 is 9.31. The van der Waals surface area contributed by atoms with Crippen LogP contribution in [0.3, 0.4) is 0 Å². The van der Waals surface area contributed by atoms with Crippen molar-refractivity contribution in [2.45, 2.75) is 12.5 Å². The average Bonchev–Trinajstić information content (AvgIpc) is 2.70. The van der Waals surface area contributed by atoms with Gasteiger partial charge in [0.05, 0.1) is 10.6 Å². The molecule has 1 amide bonds. The number of amides is 1. The molecule has 0 aromatic heterocycles. The topological polar surface area (TPSA) is 41.1 Å². The maximum atomic E-state index is 11.9. The van der Waals surface area contributed by atoms with Gasteiger partial charge in [-0.15, -0.1) is 0 Å². The van der Waals surface area contributed by atoms with Crippen molar-refractivity contribution in [1.29, 1.82) is 0 Å². The van der Waals surface area contributed by atoms with Crippen molar-refractivity contribution in [3.8, 4) is 0 Å². The van der Waals surface area contributed by atoms with Gasteiger partial charge in [0.25, 0.3) is 5.91 Å². The van der Waals surface area contributed by atoms with E-state index in [0.717, 1.165) is 24.0 Å². The van der Waals surface area contributed by atoms with E-state index in [9.17, 15) is 4.79 Å². The molecular weight excluding hydrogens is 291 g/mol. The number of carbonyl (C=O) groups excluding carboxylic acids is 1. The van der Waals surface area contributed by atoms with Crippen LogP contribution in [0.25, 0.3) is 0 Å². The largest absolute Gasteiger partial charge is 0.348 e. The summed E-state index contributed by atoms with van der Waals surface area (Å²) in [6.45, 7) is 1.79. The van der Waals surface area contributed by atoms with Gasteiger partial charge in [0.1, 0.15) is 0 Å². The van der Waals surface area contributed by atoms with Crippen LogP contribution >= 0.6 is 27.5 Å². The van der Waals surface area contributed by atoms with E-state index >= 15 is 0 Å². The quantitative estimate of drug-likeness (QED) is 0.879. The maximum Gasteiger partial charge on any atom is 0.253 e. The summed E-state index contributed by atoms with van der Waals surface area (Å²) < 4.78 is 0.872. The lowest BCUT2D eigenvalue weighted by molar-refractivity contribution is 0.0940. The molecule has 1 unspecified atom stereocenters. The summed E-state index contributed by atoms with van der Waals surface area (Å²) in [5.74, 6) is -0.105. The van der Waals surface area contributed by atoms with E-state index in [1.807, 2.05) is 6.07 Å². The van der Waals surface area contributed by atoms with E-state index in [2.05, 4.69) is 26.6 Å². The zero-order chi connectivity index (χ0) is 11.5. The summed E-state index contributed by atoms with van der Waals surface area (Å²) in [5, 5.41) is 6.62. The first-order valence-electron chi connectivity index (χ1n) is 5.13. The third-order valence-electron chi connectivity index (χ3n) is 2.57. The predicted octanol–water partition coefficient (Wildman–Crippen LogP) is 2.19. The van der Waals surface area contributed by atoms with Crippen LogP contribution in [-0.2, 0) is 0 Å². The first kappa shape index (κ1) is 11.9. The van der Waals surface area contributed by atoms with Crippen molar-refractivity contribution in [3.05, 3.63) is 33.3 Å². The predicted molar refractivity (Wildman–Crippen MR) is 67.9 cm³/mol. The molecule has 2 rings (SSSR count). The fourth-order valence-electron chi connectivity index (χ4n) is 1.71. The normalized spacial score (nSPS) is 19.8. The van der Waals surface area contributed by atoms with Crippen LogP contribution in [0.1, 0.15) is 16.8 Å². The van der Waals surface area contributed by atoms with Gasteiger partial charge < -0.3 is 10.6 Å². The number of nitrogens with one attached hydrogen (secondary N) is 2. The molecule has 1 aliphatic heterocycles. The third-order valence-corrected chi connectivity index (χ3v) is 3.38. The lowest BCUT2D eigenvalue weighted by atomic mass is 10.2. The van der Waals surface area contributed by atoms with Gasteiger partial charge in [0, 0.05) is 17.1 Å². The van der Waals surface area contributed by atoms with Crippen LogP contribution in [0.2, 0.25) is 5.02 Å². The van der Waals surface area contributed by atoms with E-state index in [-0.39, 0.29) is 11.9 Å². The Morgan fingerprint density at radius 2 is 2.38 bits per heavy atom. The molecule has 2 N–H and O–H groups in total. The fourth-order valence-corrected chi connectivity index (χ4v) is 2.47. The zero-order valence-corrected chi connectivity index (χ0v) is 10.9. The Labute approximate surface area is 108 Å². The smallest absolute Gasteiger partial charge is 0.253 e. The van der Waals surface area contributed by atoms with Crippen LogP contribution in [0.4, 0.5) is 0 Å². The first-order valence-corrected chi connectivity index (χ1v) is 6.30. The molecule has 86 valence electrons. The lowest BCUT2D eigenvalue weighted by Crippen LogP contribution is -2.36. The molecule has 1 saturated heterocycles. The standard InChI is InChI=1S/C11H12BrClN2O/c12-7-1-2-9(10(13)5-7)11(16)15-8-3-4-14-6-8/h1-2,5,8,14H,3-4,6H2,(H,15,16). The van der Waals surface area contributed by atoms with Crippen molar-refractivity contribution in [3.63, 3.8) is 0 Å². The van der Waals surface area contributed by atoms with E-state index in [1.165, 1.54) is 0 Å². The fraction of sp³-hybridized carbons (Fsp3) is 0.364. The van der Waals surface area contributed by atoms with Gasteiger partial charge in [0.2, 0.25) is 0 Å². The number of carbonyl (C=O) groups is 1. The second-order valence-electron chi connectivity index (χ2n) is 3.79. The van der Waals surface area contributed by atoms with Crippen LogP contribution in [-0.4, -0.2) is 25.0 Å². The number of halogens is 2. The van der Waals surface area contributed by atoms with Crippen molar-refractivity contribution < 1.29 is 4.79 Å². The average molecular weight is 304 g/mol. The zero-order valence-electron chi connectivity index (χ0n) is 8.59. The van der Waals surface area contributed by atoms with Gasteiger partial charge in [0.15, 0.2) is 0 Å². The van der Waals surface area contributed by atoms with Crippen molar-refractivity contribution >= 4 is 33.4 Å². The highest BCUT2D eigenvalue weighted by Crippen LogP contribution is 2.21. The molecule has 0 bridgehead atoms. The third kappa shape index (κ3) is 2.75. The summed E-state index contributed by atoms with van der Waals surface area (Å²) in [6, 6.07) is 5.48. The minimum absolute atomic E-state index is 0.105. The maximum absolute atomic E-state index is 11.9. The molecule has 0 saturated carbocycles. The first-order chi connectivity index (χ1) is 7.66.